The molecule has 0 spiro atoms. The van der Waals surface area contributed by atoms with E-state index in [0.29, 0.717) is 10.8 Å². The molecule has 4 aliphatic rings. The van der Waals surface area contributed by atoms with Crippen molar-refractivity contribution in [2.45, 2.75) is 119 Å². The van der Waals surface area contributed by atoms with Crippen LogP contribution in [0.5, 0.6) is 0 Å². The van der Waals surface area contributed by atoms with Crippen LogP contribution in [0.2, 0.25) is 0 Å². The molecule has 0 bridgehead atoms. The van der Waals surface area contributed by atoms with Crippen molar-refractivity contribution in [2.24, 2.45) is 58.2 Å². The number of rotatable bonds is 5. The van der Waals surface area contributed by atoms with Crippen molar-refractivity contribution in [2.75, 3.05) is 0 Å². The molecule has 9 atom stereocenters. The Morgan fingerprint density at radius 1 is 0.714 bits per heavy atom. The third kappa shape index (κ3) is 3.41. The maximum absolute atomic E-state index is 2.75. The zero-order chi connectivity index (χ0) is 20.1. The van der Waals surface area contributed by atoms with Crippen LogP contribution in [0.15, 0.2) is 0 Å². The average molecular weight is 387 g/mol. The van der Waals surface area contributed by atoms with Gasteiger partial charge in [0.05, 0.1) is 0 Å². The zero-order valence-electron chi connectivity index (χ0n) is 20.1. The van der Waals surface area contributed by atoms with Gasteiger partial charge < -0.3 is 0 Å². The van der Waals surface area contributed by atoms with E-state index in [4.69, 9.17) is 0 Å². The molecule has 4 fully saturated rings. The summed E-state index contributed by atoms with van der Waals surface area (Å²) < 4.78 is 0. The lowest BCUT2D eigenvalue weighted by Crippen LogP contribution is -2.53. The molecule has 4 rings (SSSR count). The first-order valence-corrected chi connectivity index (χ1v) is 13.3. The van der Waals surface area contributed by atoms with E-state index in [1.807, 2.05) is 0 Å². The predicted molar refractivity (Wildman–Crippen MR) is 122 cm³/mol. The quantitative estimate of drug-likeness (QED) is 0.443. The largest absolute Gasteiger partial charge is 0.0625 e. The topological polar surface area (TPSA) is 0 Å². The Morgan fingerprint density at radius 3 is 2.21 bits per heavy atom. The predicted octanol–water partition coefficient (Wildman–Crippen LogP) is 8.74. The van der Waals surface area contributed by atoms with E-state index in [2.05, 4.69) is 41.5 Å². The minimum Gasteiger partial charge on any atom is -0.0625 e. The van der Waals surface area contributed by atoms with Gasteiger partial charge in [0.25, 0.3) is 0 Å². The Hall–Kier alpha value is 0. The van der Waals surface area contributed by atoms with Crippen LogP contribution in [0.1, 0.15) is 119 Å². The summed E-state index contributed by atoms with van der Waals surface area (Å²) in [4.78, 5) is 0. The smallest absolute Gasteiger partial charge is 0.0264 e. The molecule has 0 saturated heterocycles. The molecule has 0 heterocycles. The van der Waals surface area contributed by atoms with Crippen LogP contribution in [0.3, 0.4) is 0 Å². The Morgan fingerprint density at radius 2 is 1.46 bits per heavy atom. The molecule has 0 radical (unpaired) electrons. The van der Waals surface area contributed by atoms with Gasteiger partial charge >= 0.3 is 0 Å². The molecule has 0 nitrogen and oxygen atoms in total. The SMILES string of the molecule is CC(C)C(C)CC[C@@H](C)[C@H]1CC[C@H]2[C@H]3CC[C@H]4CCCC[C@]4(C)[C@H]3CC[C@]12C. The van der Waals surface area contributed by atoms with Crippen molar-refractivity contribution in [1.29, 1.82) is 0 Å². The third-order valence-electron chi connectivity index (χ3n) is 11.6. The molecular formula is C28H50. The minimum absolute atomic E-state index is 0.666. The molecular weight excluding hydrogens is 336 g/mol. The molecule has 0 aliphatic heterocycles. The molecule has 0 amide bonds. The summed E-state index contributed by atoms with van der Waals surface area (Å²) in [5, 5.41) is 0. The van der Waals surface area contributed by atoms with Crippen LogP contribution in [-0.4, -0.2) is 0 Å². The average Bonchev–Trinajstić information content (AvgIpc) is 3.02. The number of fused-ring (bicyclic) bond motifs is 5. The van der Waals surface area contributed by atoms with Gasteiger partial charge in [0.15, 0.2) is 0 Å². The van der Waals surface area contributed by atoms with Crippen molar-refractivity contribution < 1.29 is 0 Å². The van der Waals surface area contributed by atoms with Crippen LogP contribution in [0.25, 0.3) is 0 Å². The molecule has 162 valence electrons. The van der Waals surface area contributed by atoms with Gasteiger partial charge in [0, 0.05) is 0 Å². The molecule has 4 aliphatic carbocycles. The second kappa shape index (κ2) is 7.92. The molecule has 0 aromatic carbocycles. The summed E-state index contributed by atoms with van der Waals surface area (Å²) >= 11 is 0. The van der Waals surface area contributed by atoms with E-state index in [1.54, 1.807) is 51.4 Å². The Bertz CT molecular complexity index is 534. The second-order valence-electron chi connectivity index (χ2n) is 12.9. The van der Waals surface area contributed by atoms with Gasteiger partial charge in [-0.25, -0.2) is 0 Å². The van der Waals surface area contributed by atoms with Crippen LogP contribution in [0.4, 0.5) is 0 Å². The lowest BCUT2D eigenvalue weighted by molar-refractivity contribution is -0.114. The monoisotopic (exact) mass is 386 g/mol. The first-order chi connectivity index (χ1) is 13.3. The minimum atomic E-state index is 0.666. The lowest BCUT2D eigenvalue weighted by Gasteiger charge is -2.61. The van der Waals surface area contributed by atoms with E-state index in [0.717, 1.165) is 47.3 Å². The van der Waals surface area contributed by atoms with Crippen LogP contribution >= 0.6 is 0 Å². The van der Waals surface area contributed by atoms with Gasteiger partial charge in [-0.1, -0.05) is 67.2 Å². The summed E-state index contributed by atoms with van der Waals surface area (Å²) in [7, 11) is 0. The number of hydrogen-bond acceptors (Lipinski definition) is 0. The molecule has 0 heteroatoms. The molecule has 0 aromatic heterocycles. The highest BCUT2D eigenvalue weighted by Gasteiger charge is 2.60. The van der Waals surface area contributed by atoms with Crippen molar-refractivity contribution in [1.82, 2.24) is 0 Å². The second-order valence-corrected chi connectivity index (χ2v) is 12.9. The third-order valence-corrected chi connectivity index (χ3v) is 11.6. The van der Waals surface area contributed by atoms with E-state index in [-0.39, 0.29) is 0 Å². The van der Waals surface area contributed by atoms with E-state index < -0.39 is 0 Å². The summed E-state index contributed by atoms with van der Waals surface area (Å²) in [5.41, 5.74) is 1.37. The highest BCUT2D eigenvalue weighted by atomic mass is 14.6. The maximum Gasteiger partial charge on any atom is -0.0264 e. The first-order valence-electron chi connectivity index (χ1n) is 13.3. The molecule has 4 saturated carbocycles. The van der Waals surface area contributed by atoms with Gasteiger partial charge in [0.1, 0.15) is 0 Å². The molecule has 0 aromatic rings. The molecule has 0 N–H and O–H groups in total. The van der Waals surface area contributed by atoms with Gasteiger partial charge in [-0.15, -0.1) is 0 Å². The fourth-order valence-electron chi connectivity index (χ4n) is 9.33. The first kappa shape index (κ1) is 21.2. The Labute approximate surface area is 177 Å². The van der Waals surface area contributed by atoms with Crippen LogP contribution in [0, 0.1) is 58.2 Å². The van der Waals surface area contributed by atoms with Gasteiger partial charge in [-0.2, -0.15) is 0 Å². The summed E-state index contributed by atoms with van der Waals surface area (Å²) in [6, 6.07) is 0. The molecule has 1 unspecified atom stereocenters. The van der Waals surface area contributed by atoms with Crippen LogP contribution in [-0.2, 0) is 0 Å². The Balaban J connectivity index is 1.46. The highest BCUT2D eigenvalue weighted by Crippen LogP contribution is 2.68. The highest BCUT2D eigenvalue weighted by molar-refractivity contribution is 5.09. The Kier molecular flexibility index (Phi) is 6.01. The van der Waals surface area contributed by atoms with Crippen molar-refractivity contribution >= 4 is 0 Å². The summed E-state index contributed by atoms with van der Waals surface area (Å²) in [5.74, 6) is 7.96. The molecule has 28 heavy (non-hydrogen) atoms. The van der Waals surface area contributed by atoms with E-state index in [9.17, 15) is 0 Å². The maximum atomic E-state index is 2.75. The fourth-order valence-corrected chi connectivity index (χ4v) is 9.33. The van der Waals surface area contributed by atoms with Crippen molar-refractivity contribution in [3.05, 3.63) is 0 Å². The standard InChI is InChI=1S/C28H50/c1-19(2)20(3)10-11-21(4)24-14-15-25-23-13-12-22-9-7-8-17-27(22,5)26(23)16-18-28(24,25)6/h19-26H,7-18H2,1-6H3/t20?,21-,22-,23-,24-,25+,26+,27+,28-/m1/s1. The van der Waals surface area contributed by atoms with Crippen molar-refractivity contribution in [3.63, 3.8) is 0 Å². The summed E-state index contributed by atoms with van der Waals surface area (Å²) in [6.07, 6.45) is 18.4. The lowest BCUT2D eigenvalue weighted by atomic mass is 9.44. The fraction of sp³-hybridized carbons (Fsp3) is 1.00. The van der Waals surface area contributed by atoms with E-state index in [1.165, 1.54) is 25.7 Å². The van der Waals surface area contributed by atoms with Gasteiger partial charge in [-0.3, -0.25) is 0 Å². The summed E-state index contributed by atoms with van der Waals surface area (Å²) in [6.45, 7) is 15.4. The van der Waals surface area contributed by atoms with Crippen LogP contribution < -0.4 is 0 Å². The van der Waals surface area contributed by atoms with Gasteiger partial charge in [0.2, 0.25) is 0 Å². The number of hydrogen-bond donors (Lipinski definition) is 0. The van der Waals surface area contributed by atoms with Crippen molar-refractivity contribution in [3.8, 4) is 0 Å². The normalized spacial score (nSPS) is 47.9. The van der Waals surface area contributed by atoms with E-state index >= 15 is 0 Å². The zero-order valence-corrected chi connectivity index (χ0v) is 20.1. The van der Waals surface area contributed by atoms with Gasteiger partial charge in [-0.05, 0) is 110 Å².